The molecule has 2 heterocycles. The van der Waals surface area contributed by atoms with E-state index >= 15 is 0 Å². The number of methoxy groups -OCH3 is 1. The molecule has 1 N–H and O–H groups in total. The average Bonchev–Trinajstić information content (AvgIpc) is 2.38. The molecular formula is C12H13N3O2. The van der Waals surface area contributed by atoms with Gasteiger partial charge < -0.3 is 9.84 Å². The molecule has 2 rings (SSSR count). The number of hydrogen-bond donors (Lipinski definition) is 1. The van der Waals surface area contributed by atoms with Crippen molar-refractivity contribution in [3.63, 3.8) is 0 Å². The van der Waals surface area contributed by atoms with Crippen LogP contribution >= 0.6 is 0 Å². The van der Waals surface area contributed by atoms with Gasteiger partial charge in [0.15, 0.2) is 0 Å². The van der Waals surface area contributed by atoms with Gasteiger partial charge in [-0.2, -0.15) is 0 Å². The molecule has 0 aliphatic heterocycles. The fourth-order valence-electron chi connectivity index (χ4n) is 1.49. The molecule has 0 aliphatic rings. The number of rotatable bonds is 3. The summed E-state index contributed by atoms with van der Waals surface area (Å²) in [6.07, 6.45) is 5.67. The van der Waals surface area contributed by atoms with E-state index in [1.54, 1.807) is 24.8 Å². The molecule has 0 aromatic carbocycles. The highest BCUT2D eigenvalue weighted by Gasteiger charge is 2.12. The second-order valence-corrected chi connectivity index (χ2v) is 3.70. The van der Waals surface area contributed by atoms with Gasteiger partial charge in [0.1, 0.15) is 6.10 Å². The van der Waals surface area contributed by atoms with Gasteiger partial charge in [0.2, 0.25) is 0 Å². The fraction of sp³-hybridized carbons (Fsp3) is 0.250. The number of aromatic nitrogens is 3. The van der Waals surface area contributed by atoms with E-state index in [0.717, 1.165) is 11.1 Å². The summed E-state index contributed by atoms with van der Waals surface area (Å²) in [6.45, 7) is 1.92. The molecule has 0 saturated carbocycles. The molecule has 1 atom stereocenters. The summed E-state index contributed by atoms with van der Waals surface area (Å²) in [7, 11) is 1.50. The van der Waals surface area contributed by atoms with Crippen molar-refractivity contribution in [3.8, 4) is 6.01 Å². The molecule has 1 unspecified atom stereocenters. The lowest BCUT2D eigenvalue weighted by Crippen LogP contribution is -2.03. The predicted octanol–water partition coefficient (Wildman–Crippen LogP) is 1.27. The minimum Gasteiger partial charge on any atom is -0.467 e. The van der Waals surface area contributed by atoms with E-state index in [2.05, 4.69) is 15.0 Å². The van der Waals surface area contributed by atoms with E-state index in [-0.39, 0.29) is 6.01 Å². The normalized spacial score (nSPS) is 12.2. The van der Waals surface area contributed by atoms with Crippen LogP contribution in [0.1, 0.15) is 22.8 Å². The molecule has 0 bridgehead atoms. The average molecular weight is 231 g/mol. The summed E-state index contributed by atoms with van der Waals surface area (Å²) in [4.78, 5) is 11.9. The maximum Gasteiger partial charge on any atom is 0.316 e. The highest BCUT2D eigenvalue weighted by Crippen LogP contribution is 2.21. The van der Waals surface area contributed by atoms with Gasteiger partial charge in [-0.15, -0.1) is 0 Å². The van der Waals surface area contributed by atoms with E-state index < -0.39 is 6.10 Å². The van der Waals surface area contributed by atoms with Crippen LogP contribution in [0.2, 0.25) is 0 Å². The predicted molar refractivity (Wildman–Crippen MR) is 61.6 cm³/mol. The van der Waals surface area contributed by atoms with Gasteiger partial charge in [0.25, 0.3) is 0 Å². The van der Waals surface area contributed by atoms with Crippen molar-refractivity contribution in [2.75, 3.05) is 7.11 Å². The van der Waals surface area contributed by atoms with E-state index in [0.29, 0.717) is 5.56 Å². The fourth-order valence-corrected chi connectivity index (χ4v) is 1.49. The first-order valence-electron chi connectivity index (χ1n) is 5.16. The molecule has 0 saturated heterocycles. The van der Waals surface area contributed by atoms with Gasteiger partial charge in [-0.05, 0) is 12.5 Å². The lowest BCUT2D eigenvalue weighted by Gasteiger charge is -2.10. The molecule has 0 radical (unpaired) electrons. The van der Waals surface area contributed by atoms with E-state index in [4.69, 9.17) is 4.74 Å². The van der Waals surface area contributed by atoms with Crippen LogP contribution < -0.4 is 4.74 Å². The van der Waals surface area contributed by atoms with Crippen LogP contribution in [0, 0.1) is 6.92 Å². The molecule has 5 heteroatoms. The van der Waals surface area contributed by atoms with Crippen molar-refractivity contribution in [1.29, 1.82) is 0 Å². The lowest BCUT2D eigenvalue weighted by atomic mass is 10.1. The first-order chi connectivity index (χ1) is 8.20. The van der Waals surface area contributed by atoms with Crippen molar-refractivity contribution in [3.05, 3.63) is 47.5 Å². The Morgan fingerprint density at radius 2 is 1.82 bits per heavy atom. The SMILES string of the molecule is COc1ncc(C(O)c2cncc(C)c2)cn1. The third kappa shape index (κ3) is 2.57. The number of aryl methyl sites for hydroxylation is 1. The van der Waals surface area contributed by atoms with Gasteiger partial charge in [-0.1, -0.05) is 6.07 Å². The van der Waals surface area contributed by atoms with Crippen molar-refractivity contribution >= 4 is 0 Å². The van der Waals surface area contributed by atoms with Crippen molar-refractivity contribution < 1.29 is 9.84 Å². The smallest absolute Gasteiger partial charge is 0.316 e. The van der Waals surface area contributed by atoms with Crippen molar-refractivity contribution in [2.24, 2.45) is 0 Å². The molecule has 2 aromatic heterocycles. The lowest BCUT2D eigenvalue weighted by molar-refractivity contribution is 0.218. The summed E-state index contributed by atoms with van der Waals surface area (Å²) in [6, 6.07) is 2.16. The third-order valence-electron chi connectivity index (χ3n) is 2.36. The monoisotopic (exact) mass is 231 g/mol. The van der Waals surface area contributed by atoms with E-state index in [1.165, 1.54) is 7.11 Å². The maximum atomic E-state index is 10.1. The number of ether oxygens (including phenoxy) is 1. The zero-order valence-corrected chi connectivity index (χ0v) is 9.66. The van der Waals surface area contributed by atoms with Gasteiger partial charge in [0, 0.05) is 35.9 Å². The van der Waals surface area contributed by atoms with Crippen LogP contribution in [-0.2, 0) is 0 Å². The van der Waals surface area contributed by atoms with Gasteiger partial charge in [-0.3, -0.25) is 4.98 Å². The largest absolute Gasteiger partial charge is 0.467 e. The number of nitrogens with zero attached hydrogens (tertiary/aromatic N) is 3. The first-order valence-corrected chi connectivity index (χ1v) is 5.16. The Balaban J connectivity index is 2.27. The molecule has 5 nitrogen and oxygen atoms in total. The van der Waals surface area contributed by atoms with E-state index in [9.17, 15) is 5.11 Å². The highest BCUT2D eigenvalue weighted by molar-refractivity contribution is 5.27. The molecule has 0 fully saturated rings. The second kappa shape index (κ2) is 4.88. The molecular weight excluding hydrogens is 218 g/mol. The van der Waals surface area contributed by atoms with Crippen LogP contribution in [-0.4, -0.2) is 27.2 Å². The molecule has 2 aromatic rings. The standard InChI is InChI=1S/C12H13N3O2/c1-8-3-9(5-13-4-8)11(16)10-6-14-12(17-2)15-7-10/h3-7,11,16H,1-2H3. The summed E-state index contributed by atoms with van der Waals surface area (Å²) in [5.74, 6) is 0. The van der Waals surface area contributed by atoms with Gasteiger partial charge in [0.05, 0.1) is 7.11 Å². The topological polar surface area (TPSA) is 68.1 Å². The summed E-state index contributed by atoms with van der Waals surface area (Å²) in [5.41, 5.74) is 2.33. The molecule has 0 amide bonds. The van der Waals surface area contributed by atoms with Crippen molar-refractivity contribution in [1.82, 2.24) is 15.0 Å². The Bertz CT molecular complexity index is 499. The van der Waals surface area contributed by atoms with Crippen LogP contribution in [0.4, 0.5) is 0 Å². The summed E-state index contributed by atoms with van der Waals surface area (Å²) in [5, 5.41) is 10.1. The quantitative estimate of drug-likeness (QED) is 0.861. The van der Waals surface area contributed by atoms with Crippen LogP contribution in [0.5, 0.6) is 6.01 Å². The molecule has 88 valence electrons. The summed E-state index contributed by atoms with van der Waals surface area (Å²) >= 11 is 0. The minimum atomic E-state index is -0.770. The minimum absolute atomic E-state index is 0.281. The van der Waals surface area contributed by atoms with Crippen LogP contribution in [0.15, 0.2) is 30.9 Å². The highest BCUT2D eigenvalue weighted by atomic mass is 16.5. The zero-order chi connectivity index (χ0) is 12.3. The number of pyridine rings is 1. The number of aliphatic hydroxyl groups is 1. The van der Waals surface area contributed by atoms with Crippen LogP contribution in [0.25, 0.3) is 0 Å². The summed E-state index contributed by atoms with van der Waals surface area (Å²) < 4.78 is 4.86. The number of hydrogen-bond acceptors (Lipinski definition) is 5. The molecule has 17 heavy (non-hydrogen) atoms. The van der Waals surface area contributed by atoms with E-state index in [1.807, 2.05) is 13.0 Å². The van der Waals surface area contributed by atoms with Gasteiger partial charge >= 0.3 is 6.01 Å². The Hall–Kier alpha value is -2.01. The molecule has 0 aliphatic carbocycles. The third-order valence-corrected chi connectivity index (χ3v) is 2.36. The van der Waals surface area contributed by atoms with Crippen molar-refractivity contribution in [2.45, 2.75) is 13.0 Å². The Morgan fingerprint density at radius 3 is 2.41 bits per heavy atom. The Labute approximate surface area is 99.2 Å². The van der Waals surface area contributed by atoms with Gasteiger partial charge in [-0.25, -0.2) is 9.97 Å². The number of aliphatic hydroxyl groups excluding tert-OH is 1. The van der Waals surface area contributed by atoms with Crippen LogP contribution in [0.3, 0.4) is 0 Å². The maximum absolute atomic E-state index is 10.1. The Morgan fingerprint density at radius 1 is 1.12 bits per heavy atom. The molecule has 0 spiro atoms. The Kier molecular flexibility index (Phi) is 3.30. The first kappa shape index (κ1) is 11.5. The second-order valence-electron chi connectivity index (χ2n) is 3.70. The zero-order valence-electron chi connectivity index (χ0n) is 9.66.